The quantitative estimate of drug-likeness (QED) is 0.621. The molecule has 3 amide bonds. The largest absolute Gasteiger partial charge is 0.295 e. The SMILES string of the molecule is O=C1CCC(N2C(=O)c3nc(Br)cc4cccc2c34)C(=O)N1. The van der Waals surface area contributed by atoms with Crippen molar-refractivity contribution >= 4 is 50.1 Å². The van der Waals surface area contributed by atoms with Gasteiger partial charge in [0, 0.05) is 11.8 Å². The van der Waals surface area contributed by atoms with Crippen LogP contribution in [0, 0.1) is 0 Å². The number of hydrogen-bond donors (Lipinski definition) is 1. The number of rotatable bonds is 1. The summed E-state index contributed by atoms with van der Waals surface area (Å²) >= 11 is 3.30. The fraction of sp³-hybridized carbons (Fsp3) is 0.200. The van der Waals surface area contributed by atoms with Gasteiger partial charge in [0.15, 0.2) is 0 Å². The van der Waals surface area contributed by atoms with E-state index >= 15 is 0 Å². The fourth-order valence-electron chi connectivity index (χ4n) is 3.08. The van der Waals surface area contributed by atoms with Gasteiger partial charge < -0.3 is 0 Å². The smallest absolute Gasteiger partial charge is 0.278 e. The Hall–Kier alpha value is -2.28. The van der Waals surface area contributed by atoms with Crippen LogP contribution in [0.1, 0.15) is 23.3 Å². The Morgan fingerprint density at radius 3 is 2.86 bits per heavy atom. The van der Waals surface area contributed by atoms with Crippen LogP contribution >= 0.6 is 15.9 Å². The summed E-state index contributed by atoms with van der Waals surface area (Å²) in [5.74, 6) is -1.04. The lowest BCUT2D eigenvalue weighted by molar-refractivity contribution is -0.134. The Kier molecular flexibility index (Phi) is 2.80. The number of carbonyl (C=O) groups is 3. The molecule has 0 spiro atoms. The molecule has 6 nitrogen and oxygen atoms in total. The van der Waals surface area contributed by atoms with Gasteiger partial charge in [-0.1, -0.05) is 12.1 Å². The number of nitrogens with zero attached hydrogens (tertiary/aromatic N) is 2. The number of hydrogen-bond acceptors (Lipinski definition) is 4. The van der Waals surface area contributed by atoms with Crippen LogP contribution in [0.2, 0.25) is 0 Å². The molecule has 0 aliphatic carbocycles. The first-order valence-corrected chi connectivity index (χ1v) is 7.62. The van der Waals surface area contributed by atoms with Crippen LogP contribution in [0.15, 0.2) is 28.9 Å². The maximum Gasteiger partial charge on any atom is 0.278 e. The molecule has 7 heteroatoms. The minimum Gasteiger partial charge on any atom is -0.295 e. The molecule has 1 saturated heterocycles. The predicted molar refractivity (Wildman–Crippen MR) is 82.4 cm³/mol. The molecule has 1 aromatic carbocycles. The van der Waals surface area contributed by atoms with E-state index in [1.165, 1.54) is 4.90 Å². The van der Waals surface area contributed by atoms with Crippen molar-refractivity contribution in [2.24, 2.45) is 0 Å². The van der Waals surface area contributed by atoms with E-state index in [-0.39, 0.29) is 18.2 Å². The summed E-state index contributed by atoms with van der Waals surface area (Å²) in [5.41, 5.74) is 1.01. The van der Waals surface area contributed by atoms with Crippen molar-refractivity contribution in [3.63, 3.8) is 0 Å². The molecular formula is C15H10BrN3O3. The molecule has 2 aromatic rings. The number of benzene rings is 1. The van der Waals surface area contributed by atoms with E-state index in [4.69, 9.17) is 0 Å². The second kappa shape index (κ2) is 4.61. The molecule has 1 aromatic heterocycles. The third-order valence-electron chi connectivity index (χ3n) is 4.01. The first-order chi connectivity index (χ1) is 10.6. The number of anilines is 1. The van der Waals surface area contributed by atoms with Gasteiger partial charge in [0.25, 0.3) is 5.91 Å². The summed E-state index contributed by atoms with van der Waals surface area (Å²) in [7, 11) is 0. The maximum atomic E-state index is 12.7. The zero-order valence-corrected chi connectivity index (χ0v) is 12.9. The van der Waals surface area contributed by atoms with E-state index in [0.717, 1.165) is 10.8 Å². The van der Waals surface area contributed by atoms with Crippen LogP contribution < -0.4 is 10.2 Å². The van der Waals surface area contributed by atoms with Gasteiger partial charge >= 0.3 is 0 Å². The Bertz CT molecular complexity index is 864. The number of amides is 3. The number of imide groups is 1. The molecule has 0 saturated carbocycles. The number of aromatic nitrogens is 1. The molecular weight excluding hydrogens is 350 g/mol. The average Bonchev–Trinajstić information content (AvgIpc) is 2.74. The number of nitrogens with one attached hydrogen (secondary N) is 1. The molecule has 1 unspecified atom stereocenters. The van der Waals surface area contributed by atoms with Gasteiger partial charge in [-0.15, -0.1) is 0 Å². The molecule has 2 aliphatic rings. The van der Waals surface area contributed by atoms with Gasteiger partial charge in [-0.05, 0) is 39.9 Å². The summed E-state index contributed by atoms with van der Waals surface area (Å²) in [4.78, 5) is 41.9. The van der Waals surface area contributed by atoms with Crippen molar-refractivity contribution in [1.29, 1.82) is 0 Å². The van der Waals surface area contributed by atoms with Crippen molar-refractivity contribution in [2.45, 2.75) is 18.9 Å². The molecule has 4 rings (SSSR count). The molecule has 1 atom stereocenters. The van der Waals surface area contributed by atoms with Gasteiger partial charge in [0.1, 0.15) is 16.3 Å². The topological polar surface area (TPSA) is 79.4 Å². The molecule has 1 fully saturated rings. The molecule has 0 radical (unpaired) electrons. The minimum absolute atomic E-state index is 0.226. The molecule has 3 heterocycles. The molecule has 1 N–H and O–H groups in total. The summed E-state index contributed by atoms with van der Waals surface area (Å²) in [6.45, 7) is 0. The number of piperidine rings is 1. The number of pyridine rings is 1. The highest BCUT2D eigenvalue weighted by Crippen LogP contribution is 2.39. The monoisotopic (exact) mass is 359 g/mol. The van der Waals surface area contributed by atoms with Gasteiger partial charge in [-0.25, -0.2) is 4.98 Å². The van der Waals surface area contributed by atoms with Gasteiger partial charge in [0.05, 0.1) is 5.69 Å². The zero-order valence-electron chi connectivity index (χ0n) is 11.3. The van der Waals surface area contributed by atoms with Crippen LogP contribution in [0.25, 0.3) is 10.8 Å². The van der Waals surface area contributed by atoms with E-state index < -0.39 is 11.9 Å². The Labute approximate surface area is 133 Å². The first kappa shape index (κ1) is 13.4. The fourth-order valence-corrected chi connectivity index (χ4v) is 3.50. The first-order valence-electron chi connectivity index (χ1n) is 6.83. The van der Waals surface area contributed by atoms with Gasteiger partial charge in [-0.3, -0.25) is 24.6 Å². The Balaban J connectivity index is 1.88. The normalized spacial score (nSPS) is 20.7. The van der Waals surface area contributed by atoms with E-state index in [9.17, 15) is 14.4 Å². The summed E-state index contributed by atoms with van der Waals surface area (Å²) in [6.07, 6.45) is 0.547. The Morgan fingerprint density at radius 2 is 2.09 bits per heavy atom. The Morgan fingerprint density at radius 1 is 1.27 bits per heavy atom. The predicted octanol–water partition coefficient (Wildman–Crippen LogP) is 1.76. The van der Waals surface area contributed by atoms with Crippen LogP contribution in [0.4, 0.5) is 5.69 Å². The second-order valence-corrected chi connectivity index (χ2v) is 6.12. The summed E-state index contributed by atoms with van der Waals surface area (Å²) in [6, 6.07) is 6.70. The van der Waals surface area contributed by atoms with Gasteiger partial charge in [-0.2, -0.15) is 0 Å². The maximum absolute atomic E-state index is 12.7. The second-order valence-electron chi connectivity index (χ2n) is 5.31. The van der Waals surface area contributed by atoms with Crippen LogP contribution in [-0.2, 0) is 9.59 Å². The van der Waals surface area contributed by atoms with E-state index in [0.29, 0.717) is 22.4 Å². The highest BCUT2D eigenvalue weighted by molar-refractivity contribution is 9.10. The lowest BCUT2D eigenvalue weighted by atomic mass is 10.0. The van der Waals surface area contributed by atoms with Crippen molar-refractivity contribution in [2.75, 3.05) is 4.90 Å². The highest BCUT2D eigenvalue weighted by atomic mass is 79.9. The lowest BCUT2D eigenvalue weighted by Gasteiger charge is -2.29. The molecule has 2 aliphatic heterocycles. The van der Waals surface area contributed by atoms with Crippen molar-refractivity contribution < 1.29 is 14.4 Å². The summed E-state index contributed by atoms with van der Waals surface area (Å²) < 4.78 is 0.575. The zero-order chi connectivity index (χ0) is 15.4. The van der Waals surface area contributed by atoms with E-state index in [1.807, 2.05) is 18.2 Å². The molecule has 110 valence electrons. The van der Waals surface area contributed by atoms with Crippen LogP contribution in [0.5, 0.6) is 0 Å². The van der Waals surface area contributed by atoms with Crippen molar-refractivity contribution in [1.82, 2.24) is 10.3 Å². The third kappa shape index (κ3) is 1.78. The lowest BCUT2D eigenvalue weighted by Crippen LogP contribution is -2.53. The number of carbonyl (C=O) groups excluding carboxylic acids is 3. The highest BCUT2D eigenvalue weighted by Gasteiger charge is 2.41. The van der Waals surface area contributed by atoms with Crippen molar-refractivity contribution in [3.05, 3.63) is 34.6 Å². The molecule has 0 bridgehead atoms. The van der Waals surface area contributed by atoms with E-state index in [2.05, 4.69) is 26.2 Å². The van der Waals surface area contributed by atoms with E-state index in [1.54, 1.807) is 6.07 Å². The molecule has 22 heavy (non-hydrogen) atoms. The van der Waals surface area contributed by atoms with Gasteiger partial charge in [0.2, 0.25) is 11.8 Å². The van der Waals surface area contributed by atoms with Crippen molar-refractivity contribution in [3.8, 4) is 0 Å². The van der Waals surface area contributed by atoms with Crippen LogP contribution in [0.3, 0.4) is 0 Å². The minimum atomic E-state index is -0.677. The summed E-state index contributed by atoms with van der Waals surface area (Å²) in [5, 5.41) is 3.93. The third-order valence-corrected chi connectivity index (χ3v) is 4.41. The number of halogens is 1. The average molecular weight is 360 g/mol. The standard InChI is InChI=1S/C15H10BrN3O3/c16-10-6-7-2-1-3-8-12(7)13(17-10)15(22)19(8)9-4-5-11(20)18-14(9)21/h1-3,6,9H,4-5H2,(H,18,20,21). The van der Waals surface area contributed by atoms with Crippen LogP contribution in [-0.4, -0.2) is 28.7 Å².